The number of carbonyl (C=O) groups excluding carboxylic acids is 1. The lowest BCUT2D eigenvalue weighted by Gasteiger charge is -2.34. The van der Waals surface area contributed by atoms with Gasteiger partial charge >= 0.3 is 6.03 Å². The first-order valence-electron chi connectivity index (χ1n) is 8.72. The number of aryl methyl sites for hydroxylation is 1. The molecule has 0 bridgehead atoms. The number of anilines is 1. The van der Waals surface area contributed by atoms with Crippen LogP contribution in [0.3, 0.4) is 0 Å². The fraction of sp³-hybridized carbons (Fsp3) is 0.588. The van der Waals surface area contributed by atoms with E-state index in [-0.39, 0.29) is 6.03 Å². The fourth-order valence-electron chi connectivity index (χ4n) is 2.94. The highest BCUT2D eigenvalue weighted by atomic mass is 16.5. The van der Waals surface area contributed by atoms with Crippen LogP contribution in [0, 0.1) is 12.8 Å². The largest absolute Gasteiger partial charge is 0.361 e. The molecule has 3 heterocycles. The summed E-state index contributed by atoms with van der Waals surface area (Å²) in [6, 6.07) is 1.88. The van der Waals surface area contributed by atoms with Crippen molar-refractivity contribution in [2.75, 3.05) is 31.5 Å². The van der Waals surface area contributed by atoms with E-state index < -0.39 is 0 Å². The van der Waals surface area contributed by atoms with Crippen LogP contribution in [0.5, 0.6) is 0 Å². The molecule has 1 aliphatic rings. The number of nitrogens with one attached hydrogen (secondary N) is 1. The van der Waals surface area contributed by atoms with Crippen molar-refractivity contribution in [2.24, 2.45) is 5.92 Å². The number of rotatable bonds is 5. The molecule has 1 saturated heterocycles. The van der Waals surface area contributed by atoms with Gasteiger partial charge in [0, 0.05) is 51.5 Å². The Hall–Kier alpha value is -2.35. The van der Waals surface area contributed by atoms with E-state index in [1.165, 1.54) is 0 Å². The zero-order chi connectivity index (χ0) is 17.8. The number of carbonyl (C=O) groups is 1. The molecule has 0 atom stereocenters. The smallest absolute Gasteiger partial charge is 0.322 e. The average Bonchev–Trinajstić information content (AvgIpc) is 3.16. The summed E-state index contributed by atoms with van der Waals surface area (Å²) < 4.78 is 6.96. The van der Waals surface area contributed by atoms with E-state index in [2.05, 4.69) is 34.3 Å². The van der Waals surface area contributed by atoms with Gasteiger partial charge in [-0.05, 0) is 12.8 Å². The Kier molecular flexibility index (Phi) is 5.37. The lowest BCUT2D eigenvalue weighted by molar-refractivity contribution is 0.141. The quantitative estimate of drug-likeness (QED) is 0.898. The Balaban J connectivity index is 1.45. The summed E-state index contributed by atoms with van der Waals surface area (Å²) in [7, 11) is 0. The van der Waals surface area contributed by atoms with Crippen LogP contribution in [0.1, 0.15) is 25.3 Å². The predicted octanol–water partition coefficient (Wildman–Crippen LogP) is 2.19. The van der Waals surface area contributed by atoms with E-state index in [1.807, 2.05) is 28.8 Å². The monoisotopic (exact) mass is 346 g/mol. The fourth-order valence-corrected chi connectivity index (χ4v) is 2.94. The van der Waals surface area contributed by atoms with Crippen molar-refractivity contribution in [3.63, 3.8) is 0 Å². The molecule has 0 spiro atoms. The van der Waals surface area contributed by atoms with Gasteiger partial charge < -0.3 is 14.7 Å². The minimum absolute atomic E-state index is 0.0685. The van der Waals surface area contributed by atoms with E-state index in [0.717, 1.165) is 43.3 Å². The van der Waals surface area contributed by atoms with Crippen LogP contribution < -0.4 is 5.32 Å². The maximum Gasteiger partial charge on any atom is 0.322 e. The number of amides is 2. The van der Waals surface area contributed by atoms with Gasteiger partial charge in [-0.3, -0.25) is 9.58 Å². The molecule has 0 radical (unpaired) electrons. The molecule has 0 unspecified atom stereocenters. The number of piperazine rings is 1. The van der Waals surface area contributed by atoms with Crippen molar-refractivity contribution in [1.29, 1.82) is 0 Å². The van der Waals surface area contributed by atoms with Gasteiger partial charge in [-0.15, -0.1) is 0 Å². The van der Waals surface area contributed by atoms with E-state index in [0.29, 0.717) is 19.0 Å². The number of hydrogen-bond donors (Lipinski definition) is 1. The highest BCUT2D eigenvalue weighted by Gasteiger charge is 2.22. The van der Waals surface area contributed by atoms with Crippen molar-refractivity contribution < 1.29 is 9.32 Å². The molecule has 8 heteroatoms. The third kappa shape index (κ3) is 4.82. The predicted molar refractivity (Wildman–Crippen MR) is 94.2 cm³/mol. The first kappa shape index (κ1) is 17.5. The molecule has 1 N–H and O–H groups in total. The second-order valence-electron chi connectivity index (χ2n) is 6.97. The molecule has 0 saturated carbocycles. The summed E-state index contributed by atoms with van der Waals surface area (Å²) in [5.74, 6) is 1.34. The summed E-state index contributed by atoms with van der Waals surface area (Å²) in [4.78, 5) is 16.5. The molecule has 2 aromatic rings. The maximum atomic E-state index is 12.4. The Bertz CT molecular complexity index is 700. The van der Waals surface area contributed by atoms with Crippen LogP contribution in [0.4, 0.5) is 10.5 Å². The van der Waals surface area contributed by atoms with Crippen LogP contribution in [-0.2, 0) is 13.1 Å². The summed E-state index contributed by atoms with van der Waals surface area (Å²) >= 11 is 0. The normalized spacial score (nSPS) is 15.8. The van der Waals surface area contributed by atoms with Crippen LogP contribution in [0.2, 0.25) is 0 Å². The van der Waals surface area contributed by atoms with Crippen LogP contribution in [0.15, 0.2) is 23.0 Å². The number of nitrogens with zero attached hydrogens (tertiary/aromatic N) is 5. The Morgan fingerprint density at radius 2 is 2.08 bits per heavy atom. The zero-order valence-corrected chi connectivity index (χ0v) is 15.1. The molecule has 0 aromatic carbocycles. The van der Waals surface area contributed by atoms with Crippen molar-refractivity contribution in [1.82, 2.24) is 24.7 Å². The highest BCUT2D eigenvalue weighted by Crippen LogP contribution is 2.12. The van der Waals surface area contributed by atoms with Crippen LogP contribution in [0.25, 0.3) is 0 Å². The van der Waals surface area contributed by atoms with Gasteiger partial charge in [-0.25, -0.2) is 4.79 Å². The van der Waals surface area contributed by atoms with Gasteiger partial charge in [-0.2, -0.15) is 5.10 Å². The maximum absolute atomic E-state index is 12.4. The molecule has 1 aliphatic heterocycles. The molecule has 25 heavy (non-hydrogen) atoms. The Morgan fingerprint density at radius 1 is 1.32 bits per heavy atom. The molecular weight excluding hydrogens is 320 g/mol. The topological polar surface area (TPSA) is 79.4 Å². The summed E-state index contributed by atoms with van der Waals surface area (Å²) in [6.07, 6.45) is 3.57. The van der Waals surface area contributed by atoms with E-state index >= 15 is 0 Å². The molecule has 3 rings (SSSR count). The van der Waals surface area contributed by atoms with Crippen molar-refractivity contribution in [3.8, 4) is 0 Å². The van der Waals surface area contributed by atoms with Gasteiger partial charge in [0.1, 0.15) is 5.76 Å². The Morgan fingerprint density at radius 3 is 2.72 bits per heavy atom. The van der Waals surface area contributed by atoms with Gasteiger partial charge in [0.25, 0.3) is 0 Å². The first-order valence-corrected chi connectivity index (χ1v) is 8.72. The van der Waals surface area contributed by atoms with E-state index in [1.54, 1.807) is 6.20 Å². The molecule has 2 aromatic heterocycles. The van der Waals surface area contributed by atoms with Crippen molar-refractivity contribution >= 4 is 11.7 Å². The lowest BCUT2D eigenvalue weighted by atomic mass is 10.2. The lowest BCUT2D eigenvalue weighted by Crippen LogP contribution is -2.49. The zero-order valence-electron chi connectivity index (χ0n) is 15.1. The van der Waals surface area contributed by atoms with Gasteiger partial charge in [0.2, 0.25) is 0 Å². The number of hydrogen-bond acceptors (Lipinski definition) is 5. The molecule has 8 nitrogen and oxygen atoms in total. The summed E-state index contributed by atoms with van der Waals surface area (Å²) in [5, 5.41) is 11.2. The first-order chi connectivity index (χ1) is 12.0. The Labute approximate surface area is 147 Å². The van der Waals surface area contributed by atoms with Crippen LogP contribution in [-0.4, -0.2) is 56.9 Å². The number of urea groups is 1. The number of aromatic nitrogens is 3. The summed E-state index contributed by atoms with van der Waals surface area (Å²) in [6.45, 7) is 10.8. The van der Waals surface area contributed by atoms with Crippen molar-refractivity contribution in [2.45, 2.75) is 33.9 Å². The van der Waals surface area contributed by atoms with Gasteiger partial charge in [-0.1, -0.05) is 19.0 Å². The summed E-state index contributed by atoms with van der Waals surface area (Å²) in [5.41, 5.74) is 1.68. The van der Waals surface area contributed by atoms with Gasteiger partial charge in [0.05, 0.1) is 17.6 Å². The molecular formula is C17H26N6O2. The standard InChI is InChI=1S/C17H26N6O2/c1-13(2)10-23-12-16(9-18-23)19-17(24)22-6-4-21(5-7-22)11-15-8-14(3)25-20-15/h8-9,12-13H,4-7,10-11H2,1-3H3,(H,19,24). The van der Waals surface area contributed by atoms with E-state index in [9.17, 15) is 4.79 Å². The third-order valence-corrected chi connectivity index (χ3v) is 4.16. The second kappa shape index (κ2) is 7.69. The van der Waals surface area contributed by atoms with Crippen molar-refractivity contribution in [3.05, 3.63) is 29.9 Å². The highest BCUT2D eigenvalue weighted by molar-refractivity contribution is 5.89. The molecule has 2 amide bonds. The minimum Gasteiger partial charge on any atom is -0.361 e. The van der Waals surface area contributed by atoms with E-state index in [4.69, 9.17) is 4.52 Å². The molecule has 0 aliphatic carbocycles. The average molecular weight is 346 g/mol. The molecule has 1 fully saturated rings. The second-order valence-corrected chi connectivity index (χ2v) is 6.97. The van der Waals surface area contributed by atoms with Crippen LogP contribution >= 0.6 is 0 Å². The molecule has 136 valence electrons. The third-order valence-electron chi connectivity index (χ3n) is 4.16. The van der Waals surface area contributed by atoms with Gasteiger partial charge in [0.15, 0.2) is 0 Å². The minimum atomic E-state index is -0.0685. The SMILES string of the molecule is Cc1cc(CN2CCN(C(=O)Nc3cnn(CC(C)C)c3)CC2)no1.